The van der Waals surface area contributed by atoms with Crippen molar-refractivity contribution in [2.75, 3.05) is 36.5 Å². The van der Waals surface area contributed by atoms with E-state index in [9.17, 15) is 0 Å². The second-order valence-corrected chi connectivity index (χ2v) is 6.90. The van der Waals surface area contributed by atoms with Crippen LogP contribution >= 0.6 is 0 Å². The summed E-state index contributed by atoms with van der Waals surface area (Å²) in [6.07, 6.45) is 1.77. The van der Waals surface area contributed by atoms with Crippen molar-refractivity contribution in [1.82, 2.24) is 15.0 Å². The molecule has 0 bridgehead atoms. The van der Waals surface area contributed by atoms with Crippen LogP contribution in [0.25, 0.3) is 22.4 Å². The molecule has 1 aliphatic rings. The molecule has 29 heavy (non-hydrogen) atoms. The number of nitrogens with one attached hydrogen (secondary N) is 1. The lowest BCUT2D eigenvalue weighted by atomic mass is 10.2. The van der Waals surface area contributed by atoms with Crippen molar-refractivity contribution in [2.45, 2.75) is 0 Å². The standard InChI is InChI=1S/C23H21N5O/c1-2-6-20-19(5-1)26-22(21-7-3-4-12-24-21)23(27-20)25-17-8-10-18(11-9-17)28-13-15-29-16-14-28/h1-12H,13-16H2,(H,25,27). The van der Waals surface area contributed by atoms with Gasteiger partial charge in [0.15, 0.2) is 5.82 Å². The first-order chi connectivity index (χ1) is 14.4. The van der Waals surface area contributed by atoms with Crippen molar-refractivity contribution in [3.63, 3.8) is 0 Å². The third-order valence-electron chi connectivity index (χ3n) is 4.98. The van der Waals surface area contributed by atoms with Gasteiger partial charge in [0, 0.05) is 30.7 Å². The van der Waals surface area contributed by atoms with E-state index in [2.05, 4.69) is 39.5 Å². The molecule has 1 fully saturated rings. The van der Waals surface area contributed by atoms with E-state index in [1.54, 1.807) is 6.20 Å². The van der Waals surface area contributed by atoms with Crippen LogP contribution in [0.4, 0.5) is 17.2 Å². The van der Waals surface area contributed by atoms with Gasteiger partial charge in [0.2, 0.25) is 0 Å². The van der Waals surface area contributed by atoms with Gasteiger partial charge in [0.25, 0.3) is 0 Å². The van der Waals surface area contributed by atoms with Gasteiger partial charge in [-0.2, -0.15) is 0 Å². The highest BCUT2D eigenvalue weighted by Gasteiger charge is 2.14. The van der Waals surface area contributed by atoms with Crippen molar-refractivity contribution in [3.05, 3.63) is 72.9 Å². The number of hydrogen-bond donors (Lipinski definition) is 1. The van der Waals surface area contributed by atoms with Crippen LogP contribution in [0.1, 0.15) is 0 Å². The Kier molecular flexibility index (Phi) is 4.76. The number of nitrogens with zero attached hydrogens (tertiary/aromatic N) is 4. The van der Waals surface area contributed by atoms with Crippen LogP contribution in [0.15, 0.2) is 72.9 Å². The highest BCUT2D eigenvalue weighted by atomic mass is 16.5. The molecule has 3 heterocycles. The number of rotatable bonds is 4. The average Bonchev–Trinajstić information content (AvgIpc) is 2.80. The molecule has 144 valence electrons. The smallest absolute Gasteiger partial charge is 0.159 e. The van der Waals surface area contributed by atoms with Crippen molar-refractivity contribution >= 4 is 28.2 Å². The fourth-order valence-corrected chi connectivity index (χ4v) is 3.48. The first-order valence-electron chi connectivity index (χ1n) is 9.75. The zero-order chi connectivity index (χ0) is 19.5. The number of ether oxygens (including phenoxy) is 1. The minimum atomic E-state index is 0.696. The van der Waals surface area contributed by atoms with Gasteiger partial charge in [-0.15, -0.1) is 0 Å². The Morgan fingerprint density at radius 3 is 2.24 bits per heavy atom. The van der Waals surface area contributed by atoms with Gasteiger partial charge in [-0.25, -0.2) is 9.97 Å². The summed E-state index contributed by atoms with van der Waals surface area (Å²) in [5.74, 6) is 0.696. The molecule has 1 saturated heterocycles. The van der Waals surface area contributed by atoms with Crippen LogP contribution in [0.3, 0.4) is 0 Å². The third-order valence-corrected chi connectivity index (χ3v) is 4.98. The highest BCUT2D eigenvalue weighted by Crippen LogP contribution is 2.29. The zero-order valence-corrected chi connectivity index (χ0v) is 16.0. The minimum absolute atomic E-state index is 0.696. The molecule has 0 saturated carbocycles. The Labute approximate surface area is 169 Å². The van der Waals surface area contributed by atoms with E-state index in [4.69, 9.17) is 14.7 Å². The number of fused-ring (bicyclic) bond motifs is 1. The van der Waals surface area contributed by atoms with Crippen LogP contribution in [0.5, 0.6) is 0 Å². The van der Waals surface area contributed by atoms with Gasteiger partial charge < -0.3 is 15.0 Å². The topological polar surface area (TPSA) is 63.2 Å². The van der Waals surface area contributed by atoms with E-state index in [0.29, 0.717) is 5.82 Å². The maximum atomic E-state index is 5.44. The van der Waals surface area contributed by atoms with Crippen LogP contribution in [-0.4, -0.2) is 41.3 Å². The highest BCUT2D eigenvalue weighted by molar-refractivity contribution is 5.83. The molecule has 0 radical (unpaired) electrons. The normalized spacial score (nSPS) is 14.1. The fourth-order valence-electron chi connectivity index (χ4n) is 3.48. The Bertz CT molecular complexity index is 1110. The lowest BCUT2D eigenvalue weighted by molar-refractivity contribution is 0.122. The van der Waals surface area contributed by atoms with Gasteiger partial charge in [-0.1, -0.05) is 18.2 Å². The largest absolute Gasteiger partial charge is 0.378 e. The molecule has 2 aromatic heterocycles. The molecular weight excluding hydrogens is 362 g/mol. The van der Waals surface area contributed by atoms with Crippen LogP contribution in [0.2, 0.25) is 0 Å². The Morgan fingerprint density at radius 1 is 0.793 bits per heavy atom. The van der Waals surface area contributed by atoms with Crippen LogP contribution in [0, 0.1) is 0 Å². The summed E-state index contributed by atoms with van der Waals surface area (Å²) in [5, 5.41) is 3.44. The fraction of sp³-hybridized carbons (Fsp3) is 0.174. The summed E-state index contributed by atoms with van der Waals surface area (Å²) in [6, 6.07) is 22.1. The second-order valence-electron chi connectivity index (χ2n) is 6.90. The quantitative estimate of drug-likeness (QED) is 0.568. The monoisotopic (exact) mass is 383 g/mol. The number of hydrogen-bond acceptors (Lipinski definition) is 6. The molecule has 1 aliphatic heterocycles. The first kappa shape index (κ1) is 17.6. The third kappa shape index (κ3) is 3.75. The lowest BCUT2D eigenvalue weighted by Gasteiger charge is -2.28. The average molecular weight is 383 g/mol. The predicted molar refractivity (Wildman–Crippen MR) is 116 cm³/mol. The molecule has 5 rings (SSSR count). The Hall–Kier alpha value is -3.51. The maximum absolute atomic E-state index is 5.44. The molecule has 6 nitrogen and oxygen atoms in total. The van der Waals surface area contributed by atoms with E-state index in [-0.39, 0.29) is 0 Å². The minimum Gasteiger partial charge on any atom is -0.378 e. The molecule has 0 atom stereocenters. The van der Waals surface area contributed by atoms with Gasteiger partial charge in [0.05, 0.1) is 29.9 Å². The molecule has 4 aromatic rings. The van der Waals surface area contributed by atoms with E-state index in [1.807, 2.05) is 42.5 Å². The number of morpholine rings is 1. The summed E-state index contributed by atoms with van der Waals surface area (Å²) in [7, 11) is 0. The number of aromatic nitrogens is 3. The van der Waals surface area contributed by atoms with Crippen molar-refractivity contribution in [2.24, 2.45) is 0 Å². The maximum Gasteiger partial charge on any atom is 0.159 e. The van der Waals surface area contributed by atoms with Crippen molar-refractivity contribution in [3.8, 4) is 11.4 Å². The molecule has 0 amide bonds. The summed E-state index contributed by atoms with van der Waals surface area (Å²) in [5.41, 5.74) is 5.39. The molecular formula is C23H21N5O. The number of para-hydroxylation sites is 2. The summed E-state index contributed by atoms with van der Waals surface area (Å²) in [6.45, 7) is 3.40. The van der Waals surface area contributed by atoms with E-state index >= 15 is 0 Å². The summed E-state index contributed by atoms with van der Waals surface area (Å²) < 4.78 is 5.44. The summed E-state index contributed by atoms with van der Waals surface area (Å²) >= 11 is 0. The van der Waals surface area contributed by atoms with Gasteiger partial charge in [0.1, 0.15) is 5.69 Å². The molecule has 0 unspecified atom stereocenters. The van der Waals surface area contributed by atoms with E-state index in [1.165, 1.54) is 5.69 Å². The number of benzene rings is 2. The van der Waals surface area contributed by atoms with Crippen LogP contribution < -0.4 is 10.2 Å². The number of anilines is 3. The SMILES string of the molecule is c1ccc(-c2nc3ccccc3nc2Nc2ccc(N3CCOCC3)cc2)nc1. The van der Waals surface area contributed by atoms with E-state index < -0.39 is 0 Å². The molecule has 2 aromatic carbocycles. The first-order valence-corrected chi connectivity index (χ1v) is 9.75. The lowest BCUT2D eigenvalue weighted by Crippen LogP contribution is -2.36. The Morgan fingerprint density at radius 2 is 1.52 bits per heavy atom. The summed E-state index contributed by atoms with van der Waals surface area (Å²) in [4.78, 5) is 16.4. The zero-order valence-electron chi connectivity index (χ0n) is 16.0. The second kappa shape index (κ2) is 7.85. The van der Waals surface area contributed by atoms with Gasteiger partial charge in [-0.3, -0.25) is 4.98 Å². The van der Waals surface area contributed by atoms with Crippen LogP contribution in [-0.2, 0) is 4.74 Å². The number of pyridine rings is 1. The molecule has 6 heteroatoms. The Balaban J connectivity index is 1.49. The molecule has 0 aliphatic carbocycles. The van der Waals surface area contributed by atoms with Crippen molar-refractivity contribution in [1.29, 1.82) is 0 Å². The van der Waals surface area contributed by atoms with Crippen molar-refractivity contribution < 1.29 is 4.74 Å². The molecule has 0 spiro atoms. The van der Waals surface area contributed by atoms with Gasteiger partial charge >= 0.3 is 0 Å². The van der Waals surface area contributed by atoms with E-state index in [0.717, 1.165) is 54.4 Å². The predicted octanol–water partition coefficient (Wildman–Crippen LogP) is 4.27. The van der Waals surface area contributed by atoms with Gasteiger partial charge in [-0.05, 0) is 48.5 Å². The molecule has 1 N–H and O–H groups in total.